The van der Waals surface area contributed by atoms with E-state index in [2.05, 4.69) is 0 Å². The van der Waals surface area contributed by atoms with Crippen molar-refractivity contribution in [3.05, 3.63) is 59.2 Å². The Labute approximate surface area is 180 Å². The minimum Gasteiger partial charge on any atom is -0.484 e. The topological polar surface area (TPSA) is 88.1 Å². The summed E-state index contributed by atoms with van der Waals surface area (Å²) in [4.78, 5) is 36.7. The summed E-state index contributed by atoms with van der Waals surface area (Å²) in [5, 5.41) is 0. The average Bonchev–Trinajstić information content (AvgIpc) is 2.69. The highest BCUT2D eigenvalue weighted by Crippen LogP contribution is 2.51. The highest BCUT2D eigenvalue weighted by Gasteiger charge is 2.51. The number of carbonyl (C=O) groups is 3. The van der Waals surface area contributed by atoms with E-state index in [1.807, 2.05) is 30.3 Å². The Morgan fingerprint density at radius 1 is 1.00 bits per heavy atom. The Kier molecular flexibility index (Phi) is 5.21. The van der Waals surface area contributed by atoms with Crippen LogP contribution in [-0.2, 0) is 19.1 Å². The van der Waals surface area contributed by atoms with Crippen LogP contribution in [0.25, 0.3) is 0 Å². The zero-order valence-electron chi connectivity index (χ0n) is 17.8. The van der Waals surface area contributed by atoms with E-state index in [4.69, 9.17) is 18.9 Å². The highest BCUT2D eigenvalue weighted by molar-refractivity contribution is 6.01. The van der Waals surface area contributed by atoms with Gasteiger partial charge < -0.3 is 18.9 Å². The second kappa shape index (κ2) is 7.72. The van der Waals surface area contributed by atoms with Crippen LogP contribution >= 0.6 is 0 Å². The van der Waals surface area contributed by atoms with E-state index in [-0.39, 0.29) is 12.2 Å². The number of benzene rings is 2. The standard InChI is InChI=1S/C24H24O7/c1-13(25)28-22-20-18(31-24(3,4)23(22)29-14(2)26)11-10-16-17(27)12-19(30-21(16)20)15-8-6-5-7-9-15/h5-11,19,22-23H,12H2,1-4H3/t19-,22+,23+/m0/s1. The number of hydrogen-bond acceptors (Lipinski definition) is 7. The molecule has 0 saturated carbocycles. The lowest BCUT2D eigenvalue weighted by molar-refractivity contribution is -0.188. The summed E-state index contributed by atoms with van der Waals surface area (Å²) in [5.74, 6) is -0.467. The van der Waals surface area contributed by atoms with E-state index in [0.717, 1.165) is 5.56 Å². The van der Waals surface area contributed by atoms with Crippen LogP contribution in [0.5, 0.6) is 11.5 Å². The van der Waals surface area contributed by atoms with E-state index in [0.29, 0.717) is 22.6 Å². The fourth-order valence-electron chi connectivity index (χ4n) is 4.14. The third-order valence-electron chi connectivity index (χ3n) is 5.46. The summed E-state index contributed by atoms with van der Waals surface area (Å²) in [6.45, 7) is 6.06. The largest absolute Gasteiger partial charge is 0.484 e. The van der Waals surface area contributed by atoms with Gasteiger partial charge in [-0.2, -0.15) is 0 Å². The molecule has 2 aromatic rings. The van der Waals surface area contributed by atoms with Crippen LogP contribution in [0.3, 0.4) is 0 Å². The zero-order chi connectivity index (χ0) is 22.3. The van der Waals surface area contributed by atoms with Crippen LogP contribution in [0.1, 0.15) is 67.8 Å². The molecule has 0 unspecified atom stereocenters. The van der Waals surface area contributed by atoms with E-state index < -0.39 is 35.9 Å². The molecule has 2 heterocycles. The smallest absolute Gasteiger partial charge is 0.303 e. The number of rotatable bonds is 3. The van der Waals surface area contributed by atoms with Crippen LogP contribution in [0.15, 0.2) is 42.5 Å². The first-order valence-electron chi connectivity index (χ1n) is 10.1. The monoisotopic (exact) mass is 424 g/mol. The number of fused-ring (bicyclic) bond motifs is 3. The first-order chi connectivity index (χ1) is 14.7. The average molecular weight is 424 g/mol. The normalized spacial score (nSPS) is 23.5. The van der Waals surface area contributed by atoms with Gasteiger partial charge in [0, 0.05) is 13.8 Å². The molecular weight excluding hydrogens is 400 g/mol. The maximum Gasteiger partial charge on any atom is 0.303 e. The zero-order valence-corrected chi connectivity index (χ0v) is 17.8. The first-order valence-corrected chi connectivity index (χ1v) is 10.1. The van der Waals surface area contributed by atoms with Crippen molar-refractivity contribution in [1.29, 1.82) is 0 Å². The summed E-state index contributed by atoms with van der Waals surface area (Å²) in [5.41, 5.74) is 0.654. The van der Waals surface area contributed by atoms with Gasteiger partial charge in [0.1, 0.15) is 23.2 Å². The number of hydrogen-bond donors (Lipinski definition) is 0. The van der Waals surface area contributed by atoms with Crippen molar-refractivity contribution >= 4 is 17.7 Å². The minimum absolute atomic E-state index is 0.0895. The Morgan fingerprint density at radius 3 is 2.32 bits per heavy atom. The molecule has 0 radical (unpaired) electrons. The van der Waals surface area contributed by atoms with Crippen LogP contribution in [0.2, 0.25) is 0 Å². The van der Waals surface area contributed by atoms with Crippen LogP contribution in [-0.4, -0.2) is 29.4 Å². The van der Waals surface area contributed by atoms with Gasteiger partial charge in [-0.3, -0.25) is 14.4 Å². The number of Topliss-reactive ketones (excluding diaryl/α,β-unsaturated/α-hetero) is 1. The summed E-state index contributed by atoms with van der Waals surface area (Å²) in [6.07, 6.45) is -2.22. The van der Waals surface area contributed by atoms with E-state index >= 15 is 0 Å². The Balaban J connectivity index is 1.86. The van der Waals surface area contributed by atoms with Crippen LogP contribution in [0.4, 0.5) is 0 Å². The number of carbonyl (C=O) groups excluding carboxylic acids is 3. The maximum atomic E-state index is 13.0. The molecule has 0 aliphatic carbocycles. The molecule has 7 nitrogen and oxygen atoms in total. The fourth-order valence-corrected chi connectivity index (χ4v) is 4.14. The number of ether oxygens (including phenoxy) is 4. The molecule has 2 aliphatic rings. The molecule has 0 aromatic heterocycles. The van der Waals surface area contributed by atoms with Crippen molar-refractivity contribution < 1.29 is 33.3 Å². The van der Waals surface area contributed by atoms with Crippen LogP contribution < -0.4 is 9.47 Å². The number of ketones is 1. The molecule has 0 fully saturated rings. The van der Waals surface area contributed by atoms with Gasteiger partial charge in [0.05, 0.1) is 17.5 Å². The third kappa shape index (κ3) is 3.87. The SMILES string of the molecule is CC(=O)O[C@@H]1c2c(ccc3c2O[C@H](c2ccccc2)CC3=O)OC(C)(C)[C@@H]1OC(C)=O. The van der Waals surface area contributed by atoms with Crippen molar-refractivity contribution in [3.63, 3.8) is 0 Å². The summed E-state index contributed by atoms with van der Waals surface area (Å²) in [6, 6.07) is 12.8. The molecule has 3 atom stereocenters. The lowest BCUT2D eigenvalue weighted by atomic mass is 9.85. The van der Waals surface area contributed by atoms with Gasteiger partial charge in [-0.1, -0.05) is 30.3 Å². The predicted octanol–water partition coefficient (Wildman–Crippen LogP) is 4.10. The second-order valence-electron chi connectivity index (χ2n) is 8.26. The van der Waals surface area contributed by atoms with Crippen molar-refractivity contribution in [3.8, 4) is 11.5 Å². The van der Waals surface area contributed by atoms with E-state index in [1.54, 1.807) is 26.0 Å². The van der Waals surface area contributed by atoms with Gasteiger partial charge in [-0.25, -0.2) is 0 Å². The second-order valence-corrected chi connectivity index (χ2v) is 8.26. The third-order valence-corrected chi connectivity index (χ3v) is 5.46. The van der Waals surface area contributed by atoms with Gasteiger partial charge in [-0.15, -0.1) is 0 Å². The molecule has 4 rings (SSSR count). The lowest BCUT2D eigenvalue weighted by Gasteiger charge is -2.44. The molecular formula is C24H24O7. The summed E-state index contributed by atoms with van der Waals surface area (Å²) in [7, 11) is 0. The molecule has 162 valence electrons. The maximum absolute atomic E-state index is 13.0. The Hall–Kier alpha value is -3.35. The van der Waals surface area contributed by atoms with Gasteiger partial charge in [0.25, 0.3) is 0 Å². The van der Waals surface area contributed by atoms with Crippen molar-refractivity contribution in [1.82, 2.24) is 0 Å². The summed E-state index contributed by atoms with van der Waals surface area (Å²) < 4.78 is 23.6. The number of esters is 2. The minimum atomic E-state index is -0.988. The molecule has 0 amide bonds. The van der Waals surface area contributed by atoms with Crippen molar-refractivity contribution in [2.75, 3.05) is 0 Å². The van der Waals surface area contributed by atoms with Gasteiger partial charge in [0.2, 0.25) is 0 Å². The Morgan fingerprint density at radius 2 is 1.68 bits per heavy atom. The van der Waals surface area contributed by atoms with Gasteiger partial charge in [-0.05, 0) is 31.5 Å². The molecule has 0 bridgehead atoms. The Bertz CT molecular complexity index is 1040. The highest BCUT2D eigenvalue weighted by atomic mass is 16.6. The van der Waals surface area contributed by atoms with Gasteiger partial charge in [0.15, 0.2) is 18.0 Å². The molecule has 2 aliphatic heterocycles. The predicted molar refractivity (Wildman–Crippen MR) is 110 cm³/mol. The molecule has 0 N–H and O–H groups in total. The lowest BCUT2D eigenvalue weighted by Crippen LogP contribution is -2.52. The molecule has 31 heavy (non-hydrogen) atoms. The molecule has 2 aromatic carbocycles. The van der Waals surface area contributed by atoms with E-state index in [1.165, 1.54) is 13.8 Å². The quantitative estimate of drug-likeness (QED) is 0.686. The van der Waals surface area contributed by atoms with Crippen molar-refractivity contribution in [2.45, 2.75) is 58.0 Å². The molecule has 0 spiro atoms. The van der Waals surface area contributed by atoms with Gasteiger partial charge >= 0.3 is 11.9 Å². The summed E-state index contributed by atoms with van der Waals surface area (Å²) >= 11 is 0. The molecule has 7 heteroatoms. The fraction of sp³-hybridized carbons (Fsp3) is 0.375. The molecule has 0 saturated heterocycles. The van der Waals surface area contributed by atoms with Crippen molar-refractivity contribution in [2.24, 2.45) is 0 Å². The van der Waals surface area contributed by atoms with Crippen LogP contribution in [0, 0.1) is 0 Å². The van der Waals surface area contributed by atoms with E-state index in [9.17, 15) is 14.4 Å². The first kappa shape index (κ1) is 20.9.